The number of nitrogens with one attached hydrogen (secondary N) is 1. The first-order valence-corrected chi connectivity index (χ1v) is 6.27. The monoisotopic (exact) mass is 251 g/mol. The molecule has 4 nitrogen and oxygen atoms in total. The van der Waals surface area contributed by atoms with E-state index in [2.05, 4.69) is 18.3 Å². The van der Waals surface area contributed by atoms with Crippen molar-refractivity contribution in [2.75, 3.05) is 40.5 Å². The van der Waals surface area contributed by atoms with Crippen LogP contribution < -0.4 is 14.8 Å². The smallest absolute Gasteiger partial charge is 0.126 e. The molecule has 0 aromatic heterocycles. The van der Waals surface area contributed by atoms with Crippen LogP contribution in [-0.2, 0) is 10.2 Å². The maximum Gasteiger partial charge on any atom is 0.126 e. The summed E-state index contributed by atoms with van der Waals surface area (Å²) in [5, 5.41) is 3.40. The zero-order chi connectivity index (χ0) is 13.0. The lowest BCUT2D eigenvalue weighted by molar-refractivity contribution is -0.0597. The highest BCUT2D eigenvalue weighted by molar-refractivity contribution is 5.46. The lowest BCUT2D eigenvalue weighted by Crippen LogP contribution is -2.53. The van der Waals surface area contributed by atoms with Crippen LogP contribution in [0.3, 0.4) is 0 Å². The first kappa shape index (κ1) is 13.2. The number of benzene rings is 1. The van der Waals surface area contributed by atoms with Crippen LogP contribution in [0.2, 0.25) is 0 Å². The molecule has 1 aromatic carbocycles. The molecule has 100 valence electrons. The number of likely N-dealkylation sites (N-methyl/N-ethyl adjacent to an activating group) is 1. The average Bonchev–Trinajstić information content (AvgIpc) is 2.37. The third-order valence-electron chi connectivity index (χ3n) is 3.45. The highest BCUT2D eigenvalue weighted by atomic mass is 16.5. The standard InChI is InChI=1S/C14H21NO3/c1-4-15-8-14(9-18-10-14)12-6-5-11(16-2)7-13(12)17-3/h5-7,15H,4,8-10H2,1-3H3. The summed E-state index contributed by atoms with van der Waals surface area (Å²) < 4.78 is 16.1. The van der Waals surface area contributed by atoms with Crippen molar-refractivity contribution in [3.05, 3.63) is 23.8 Å². The molecule has 1 fully saturated rings. The van der Waals surface area contributed by atoms with Gasteiger partial charge >= 0.3 is 0 Å². The molecule has 1 aliphatic heterocycles. The van der Waals surface area contributed by atoms with E-state index in [-0.39, 0.29) is 5.41 Å². The SMILES string of the molecule is CCNCC1(c2ccc(OC)cc2OC)COC1. The molecule has 1 heterocycles. The van der Waals surface area contributed by atoms with Crippen LogP contribution in [0.1, 0.15) is 12.5 Å². The van der Waals surface area contributed by atoms with Crippen LogP contribution in [0.5, 0.6) is 11.5 Å². The van der Waals surface area contributed by atoms with Gasteiger partial charge in [-0.3, -0.25) is 0 Å². The fraction of sp³-hybridized carbons (Fsp3) is 0.571. The van der Waals surface area contributed by atoms with E-state index in [1.54, 1.807) is 14.2 Å². The third-order valence-corrected chi connectivity index (χ3v) is 3.45. The van der Waals surface area contributed by atoms with Crippen molar-refractivity contribution >= 4 is 0 Å². The molecule has 1 aliphatic rings. The van der Waals surface area contributed by atoms with Crippen LogP contribution in [0.4, 0.5) is 0 Å². The van der Waals surface area contributed by atoms with Gasteiger partial charge in [0.05, 0.1) is 32.8 Å². The van der Waals surface area contributed by atoms with Gasteiger partial charge in [-0.25, -0.2) is 0 Å². The number of hydrogen-bond donors (Lipinski definition) is 1. The predicted molar refractivity (Wildman–Crippen MR) is 70.6 cm³/mol. The predicted octanol–water partition coefficient (Wildman–Crippen LogP) is 1.58. The van der Waals surface area contributed by atoms with Gasteiger partial charge < -0.3 is 19.5 Å². The maximum absolute atomic E-state index is 5.49. The van der Waals surface area contributed by atoms with E-state index >= 15 is 0 Å². The quantitative estimate of drug-likeness (QED) is 0.833. The van der Waals surface area contributed by atoms with E-state index in [0.29, 0.717) is 0 Å². The second kappa shape index (κ2) is 5.59. The van der Waals surface area contributed by atoms with E-state index < -0.39 is 0 Å². The second-order valence-corrected chi connectivity index (χ2v) is 4.62. The zero-order valence-electron chi connectivity index (χ0n) is 11.3. The van der Waals surface area contributed by atoms with Gasteiger partial charge in [0.2, 0.25) is 0 Å². The Hall–Kier alpha value is -1.26. The van der Waals surface area contributed by atoms with E-state index in [9.17, 15) is 0 Å². The molecule has 1 saturated heterocycles. The van der Waals surface area contributed by atoms with Crippen LogP contribution in [0.15, 0.2) is 18.2 Å². The molecule has 4 heteroatoms. The van der Waals surface area contributed by atoms with Crippen molar-refractivity contribution in [1.29, 1.82) is 0 Å². The fourth-order valence-corrected chi connectivity index (χ4v) is 2.30. The maximum atomic E-state index is 5.49. The number of ether oxygens (including phenoxy) is 3. The summed E-state index contributed by atoms with van der Waals surface area (Å²) in [4.78, 5) is 0. The Balaban J connectivity index is 2.30. The Morgan fingerprint density at radius 3 is 2.56 bits per heavy atom. The number of methoxy groups -OCH3 is 2. The van der Waals surface area contributed by atoms with Crippen LogP contribution in [0.25, 0.3) is 0 Å². The summed E-state index contributed by atoms with van der Waals surface area (Å²) in [5.41, 5.74) is 1.23. The van der Waals surface area contributed by atoms with Gasteiger partial charge in [0, 0.05) is 18.2 Å². The van der Waals surface area contributed by atoms with E-state index in [0.717, 1.165) is 37.8 Å². The molecular formula is C14H21NO3. The van der Waals surface area contributed by atoms with Crippen LogP contribution in [0, 0.1) is 0 Å². The molecular weight excluding hydrogens is 230 g/mol. The van der Waals surface area contributed by atoms with Crippen molar-refractivity contribution in [3.8, 4) is 11.5 Å². The largest absolute Gasteiger partial charge is 0.497 e. The summed E-state index contributed by atoms with van der Waals surface area (Å²) in [6.45, 7) is 5.45. The van der Waals surface area contributed by atoms with Gasteiger partial charge in [0.15, 0.2) is 0 Å². The molecule has 0 aliphatic carbocycles. The normalized spacial score (nSPS) is 17.1. The molecule has 1 aromatic rings. The van der Waals surface area contributed by atoms with E-state index in [1.165, 1.54) is 5.56 Å². The first-order chi connectivity index (χ1) is 8.75. The topological polar surface area (TPSA) is 39.7 Å². The highest BCUT2D eigenvalue weighted by Gasteiger charge is 2.42. The van der Waals surface area contributed by atoms with E-state index in [1.807, 2.05) is 12.1 Å². The highest BCUT2D eigenvalue weighted by Crippen LogP contribution is 2.39. The van der Waals surface area contributed by atoms with Gasteiger partial charge in [-0.1, -0.05) is 13.0 Å². The van der Waals surface area contributed by atoms with Crippen molar-refractivity contribution in [2.45, 2.75) is 12.3 Å². The van der Waals surface area contributed by atoms with Crippen LogP contribution >= 0.6 is 0 Å². The lowest BCUT2D eigenvalue weighted by atomic mass is 9.78. The molecule has 0 saturated carbocycles. The summed E-state index contributed by atoms with van der Waals surface area (Å²) in [7, 11) is 3.36. The Bertz CT molecular complexity index is 402. The summed E-state index contributed by atoms with van der Waals surface area (Å²) in [5.74, 6) is 1.69. The van der Waals surface area contributed by atoms with Gasteiger partial charge in [-0.05, 0) is 12.6 Å². The molecule has 1 N–H and O–H groups in total. The molecule has 0 spiro atoms. The van der Waals surface area contributed by atoms with Gasteiger partial charge in [-0.2, -0.15) is 0 Å². The van der Waals surface area contributed by atoms with Gasteiger partial charge in [-0.15, -0.1) is 0 Å². The molecule has 2 rings (SSSR count). The molecule has 0 atom stereocenters. The van der Waals surface area contributed by atoms with Crippen LogP contribution in [-0.4, -0.2) is 40.5 Å². The average molecular weight is 251 g/mol. The zero-order valence-corrected chi connectivity index (χ0v) is 11.3. The number of rotatable bonds is 6. The summed E-state index contributed by atoms with van der Waals surface area (Å²) in [6, 6.07) is 5.99. The molecule has 0 amide bonds. The Morgan fingerprint density at radius 1 is 1.28 bits per heavy atom. The lowest BCUT2D eigenvalue weighted by Gasteiger charge is -2.42. The second-order valence-electron chi connectivity index (χ2n) is 4.62. The van der Waals surface area contributed by atoms with Crippen molar-refractivity contribution < 1.29 is 14.2 Å². The molecule has 0 unspecified atom stereocenters. The molecule has 0 bridgehead atoms. The summed E-state index contributed by atoms with van der Waals surface area (Å²) >= 11 is 0. The Labute approximate surface area is 108 Å². The minimum atomic E-state index is 0.0353. The van der Waals surface area contributed by atoms with E-state index in [4.69, 9.17) is 14.2 Å². The minimum absolute atomic E-state index is 0.0353. The first-order valence-electron chi connectivity index (χ1n) is 6.27. The van der Waals surface area contributed by atoms with Crippen molar-refractivity contribution in [3.63, 3.8) is 0 Å². The van der Waals surface area contributed by atoms with Gasteiger partial charge in [0.1, 0.15) is 11.5 Å². The molecule has 18 heavy (non-hydrogen) atoms. The van der Waals surface area contributed by atoms with Crippen molar-refractivity contribution in [1.82, 2.24) is 5.32 Å². The number of hydrogen-bond acceptors (Lipinski definition) is 4. The Kier molecular flexibility index (Phi) is 4.09. The third kappa shape index (κ3) is 2.31. The summed E-state index contributed by atoms with van der Waals surface area (Å²) in [6.07, 6.45) is 0. The van der Waals surface area contributed by atoms with Gasteiger partial charge in [0.25, 0.3) is 0 Å². The minimum Gasteiger partial charge on any atom is -0.497 e. The molecule has 0 radical (unpaired) electrons. The Morgan fingerprint density at radius 2 is 2.06 bits per heavy atom. The fourth-order valence-electron chi connectivity index (χ4n) is 2.30. The van der Waals surface area contributed by atoms with Crippen molar-refractivity contribution in [2.24, 2.45) is 0 Å².